The quantitative estimate of drug-likeness (QED) is 0.791. The van der Waals surface area contributed by atoms with E-state index in [-0.39, 0.29) is 12.7 Å². The maximum atomic E-state index is 11.6. The van der Waals surface area contributed by atoms with E-state index < -0.39 is 11.5 Å². The maximum Gasteiger partial charge on any atom is 0.410 e. The third-order valence-electron chi connectivity index (χ3n) is 2.57. The Hall–Kier alpha value is -1.75. The zero-order chi connectivity index (χ0) is 13.0. The van der Waals surface area contributed by atoms with Crippen molar-refractivity contribution < 1.29 is 19.1 Å². The maximum absolute atomic E-state index is 11.6. The molecule has 0 radical (unpaired) electrons. The Labute approximate surface area is 109 Å². The van der Waals surface area contributed by atoms with E-state index in [1.807, 2.05) is 30.3 Å². The molecule has 1 amide bonds. The van der Waals surface area contributed by atoms with E-state index >= 15 is 0 Å². The molecule has 0 saturated carbocycles. The lowest BCUT2D eigenvalue weighted by atomic mass is 10.2. The van der Waals surface area contributed by atoms with E-state index in [2.05, 4.69) is 0 Å². The van der Waals surface area contributed by atoms with E-state index in [4.69, 9.17) is 21.1 Å². The molecule has 0 aliphatic carbocycles. The molecule has 0 unspecified atom stereocenters. The van der Waals surface area contributed by atoms with E-state index in [0.29, 0.717) is 13.1 Å². The van der Waals surface area contributed by atoms with Crippen LogP contribution in [0, 0.1) is 0 Å². The number of amides is 1. The summed E-state index contributed by atoms with van der Waals surface area (Å²) in [5, 5.41) is 0. The second-order valence-corrected chi connectivity index (χ2v) is 4.23. The highest BCUT2D eigenvalue weighted by molar-refractivity contribution is 6.61. The van der Waals surface area contributed by atoms with E-state index in [1.54, 1.807) is 0 Å². The van der Waals surface area contributed by atoms with Crippen LogP contribution in [-0.4, -0.2) is 35.6 Å². The van der Waals surface area contributed by atoms with Crippen molar-refractivity contribution in [3.8, 4) is 0 Å². The highest BCUT2D eigenvalue weighted by Gasteiger charge is 2.34. The molecule has 0 bridgehead atoms. The van der Waals surface area contributed by atoms with Crippen LogP contribution in [0.4, 0.5) is 9.59 Å². The van der Waals surface area contributed by atoms with Gasteiger partial charge in [-0.3, -0.25) is 0 Å². The zero-order valence-corrected chi connectivity index (χ0v) is 10.3. The van der Waals surface area contributed by atoms with Crippen LogP contribution in [0.15, 0.2) is 30.3 Å². The summed E-state index contributed by atoms with van der Waals surface area (Å²) in [5.74, 6) is 0. The van der Waals surface area contributed by atoms with Crippen molar-refractivity contribution in [2.45, 2.75) is 12.7 Å². The lowest BCUT2D eigenvalue weighted by Gasteiger charge is -2.36. The Kier molecular flexibility index (Phi) is 4.04. The van der Waals surface area contributed by atoms with Crippen LogP contribution in [0.3, 0.4) is 0 Å². The molecule has 0 spiro atoms. The van der Waals surface area contributed by atoms with Crippen LogP contribution < -0.4 is 0 Å². The fraction of sp³-hybridized carbons (Fsp3) is 0.333. The molecule has 1 saturated heterocycles. The van der Waals surface area contributed by atoms with E-state index in [1.165, 1.54) is 4.90 Å². The van der Waals surface area contributed by atoms with Crippen LogP contribution >= 0.6 is 11.6 Å². The first-order valence-electron chi connectivity index (χ1n) is 5.47. The summed E-state index contributed by atoms with van der Waals surface area (Å²) in [7, 11) is 0. The van der Waals surface area contributed by atoms with Gasteiger partial charge in [0.05, 0.1) is 13.1 Å². The number of rotatable bonds is 3. The standard InChI is InChI=1S/C12H12ClNO4/c13-11(15)18-10-6-14(7-10)12(16)17-8-9-4-2-1-3-5-9/h1-5,10H,6-8H2. The fourth-order valence-corrected chi connectivity index (χ4v) is 1.73. The zero-order valence-electron chi connectivity index (χ0n) is 9.54. The molecule has 1 aliphatic rings. The van der Waals surface area contributed by atoms with Crippen molar-refractivity contribution in [2.24, 2.45) is 0 Å². The number of ether oxygens (including phenoxy) is 2. The Morgan fingerprint density at radius 3 is 2.56 bits per heavy atom. The smallest absolute Gasteiger partial charge is 0.410 e. The van der Waals surface area contributed by atoms with Crippen LogP contribution in [-0.2, 0) is 16.1 Å². The second-order valence-electron chi connectivity index (χ2n) is 3.92. The molecule has 2 rings (SSSR count). The van der Waals surface area contributed by atoms with E-state index in [0.717, 1.165) is 5.56 Å². The number of nitrogens with zero attached hydrogens (tertiary/aromatic N) is 1. The highest BCUT2D eigenvalue weighted by Crippen LogP contribution is 2.15. The van der Waals surface area contributed by atoms with Crippen molar-refractivity contribution in [3.63, 3.8) is 0 Å². The summed E-state index contributed by atoms with van der Waals surface area (Å²) in [6.07, 6.45) is -0.736. The van der Waals surface area contributed by atoms with Gasteiger partial charge >= 0.3 is 11.5 Å². The first kappa shape index (κ1) is 12.7. The molecular weight excluding hydrogens is 258 g/mol. The number of halogens is 1. The number of carbonyl (C=O) groups excluding carboxylic acids is 2. The first-order chi connectivity index (χ1) is 8.65. The summed E-state index contributed by atoms with van der Waals surface area (Å²) in [5.41, 5.74) is 0.0763. The van der Waals surface area contributed by atoms with Gasteiger partial charge < -0.3 is 14.4 Å². The Morgan fingerprint density at radius 2 is 1.94 bits per heavy atom. The van der Waals surface area contributed by atoms with Gasteiger partial charge in [0.2, 0.25) is 0 Å². The molecule has 96 valence electrons. The Bertz CT molecular complexity index is 431. The summed E-state index contributed by atoms with van der Waals surface area (Å²) < 4.78 is 9.81. The van der Waals surface area contributed by atoms with Crippen molar-refractivity contribution in [2.75, 3.05) is 13.1 Å². The second kappa shape index (κ2) is 5.73. The van der Waals surface area contributed by atoms with Crippen LogP contribution in [0.1, 0.15) is 5.56 Å². The van der Waals surface area contributed by atoms with Gasteiger partial charge in [-0.15, -0.1) is 0 Å². The number of hydrogen-bond acceptors (Lipinski definition) is 4. The average molecular weight is 270 g/mol. The molecule has 0 N–H and O–H groups in total. The lowest BCUT2D eigenvalue weighted by Crippen LogP contribution is -2.55. The highest BCUT2D eigenvalue weighted by atomic mass is 35.5. The Morgan fingerprint density at radius 1 is 1.28 bits per heavy atom. The van der Waals surface area contributed by atoms with Crippen molar-refractivity contribution in [1.29, 1.82) is 0 Å². The average Bonchev–Trinajstić information content (AvgIpc) is 2.31. The molecule has 1 aromatic rings. The van der Waals surface area contributed by atoms with Crippen molar-refractivity contribution >= 4 is 23.1 Å². The van der Waals surface area contributed by atoms with Crippen LogP contribution in [0.2, 0.25) is 0 Å². The molecule has 1 aliphatic heterocycles. The number of benzene rings is 1. The molecule has 5 nitrogen and oxygen atoms in total. The number of carbonyl (C=O) groups is 2. The molecule has 1 heterocycles. The predicted molar refractivity (Wildman–Crippen MR) is 64.3 cm³/mol. The predicted octanol–water partition coefficient (Wildman–Crippen LogP) is 2.38. The Balaban J connectivity index is 1.70. The fourth-order valence-electron chi connectivity index (χ4n) is 1.60. The number of likely N-dealkylation sites (tertiary alicyclic amines) is 1. The van der Waals surface area contributed by atoms with Gasteiger partial charge in [0, 0.05) is 11.6 Å². The van der Waals surface area contributed by atoms with Gasteiger partial charge in [-0.2, -0.15) is 0 Å². The van der Waals surface area contributed by atoms with Gasteiger partial charge in [0.25, 0.3) is 0 Å². The van der Waals surface area contributed by atoms with Gasteiger partial charge in [-0.1, -0.05) is 30.3 Å². The van der Waals surface area contributed by atoms with E-state index in [9.17, 15) is 9.59 Å². The minimum Gasteiger partial charge on any atom is -0.447 e. The molecule has 0 atom stereocenters. The molecule has 0 aromatic heterocycles. The van der Waals surface area contributed by atoms with Gasteiger partial charge in [0.1, 0.15) is 12.7 Å². The van der Waals surface area contributed by atoms with Gasteiger partial charge in [0.15, 0.2) is 0 Å². The first-order valence-corrected chi connectivity index (χ1v) is 5.84. The molecule has 18 heavy (non-hydrogen) atoms. The van der Waals surface area contributed by atoms with Gasteiger partial charge in [-0.05, 0) is 5.56 Å². The van der Waals surface area contributed by atoms with Gasteiger partial charge in [-0.25, -0.2) is 9.59 Å². The molecular formula is C12H12ClNO4. The number of hydrogen-bond donors (Lipinski definition) is 0. The largest absolute Gasteiger partial charge is 0.447 e. The summed E-state index contributed by atoms with van der Waals surface area (Å²) in [6, 6.07) is 9.40. The summed E-state index contributed by atoms with van der Waals surface area (Å²) >= 11 is 5.06. The topological polar surface area (TPSA) is 55.8 Å². The minimum atomic E-state index is -0.850. The molecule has 1 aromatic carbocycles. The van der Waals surface area contributed by atoms with Crippen molar-refractivity contribution in [1.82, 2.24) is 4.90 Å². The normalized spacial score (nSPS) is 14.8. The summed E-state index contributed by atoms with van der Waals surface area (Å²) in [4.78, 5) is 23.5. The lowest BCUT2D eigenvalue weighted by molar-refractivity contribution is -0.00786. The SMILES string of the molecule is O=C(Cl)OC1CN(C(=O)OCc2ccccc2)C1. The molecule has 1 fully saturated rings. The van der Waals surface area contributed by atoms with Crippen LogP contribution in [0.5, 0.6) is 0 Å². The molecule has 6 heteroatoms. The van der Waals surface area contributed by atoms with Crippen molar-refractivity contribution in [3.05, 3.63) is 35.9 Å². The minimum absolute atomic E-state index is 0.232. The van der Waals surface area contributed by atoms with Crippen LogP contribution in [0.25, 0.3) is 0 Å². The third kappa shape index (κ3) is 3.37. The third-order valence-corrected chi connectivity index (χ3v) is 2.66. The monoisotopic (exact) mass is 269 g/mol. The summed E-state index contributed by atoms with van der Waals surface area (Å²) in [6.45, 7) is 0.883.